The van der Waals surface area contributed by atoms with Crippen LogP contribution < -0.4 is 4.74 Å². The molecule has 0 amide bonds. The van der Waals surface area contributed by atoms with E-state index < -0.39 is 9.84 Å². The normalized spacial score (nSPS) is 20.9. The molecule has 1 saturated heterocycles. The zero-order valence-electron chi connectivity index (χ0n) is 17.2. The van der Waals surface area contributed by atoms with E-state index >= 15 is 0 Å². The van der Waals surface area contributed by atoms with Crippen molar-refractivity contribution in [3.05, 3.63) is 71.5 Å². The molecule has 3 aromatic rings. The molecule has 1 aromatic heterocycles. The van der Waals surface area contributed by atoms with Gasteiger partial charge in [-0.15, -0.1) is 0 Å². The lowest BCUT2D eigenvalue weighted by molar-refractivity contribution is 0.165. The minimum atomic E-state index is -3.20. The van der Waals surface area contributed by atoms with E-state index in [1.807, 2.05) is 35.1 Å². The number of ether oxygens (including phenoxy) is 1. The second-order valence-corrected chi connectivity index (χ2v) is 10.2. The standard InChI is InChI=1S/C23H25N3O3S/c1-29-23-6-4-3-5-16(23)15-25-18-9-12-21(25)20-14-24-26(22(20)13-18)17-7-10-19(11-8-17)30(2,27)28/h3-8,10-11,14,18,21H,9,12-13,15H2,1-2H3/t18-,21+/m0/s1. The molecular weight excluding hydrogens is 398 g/mol. The number of fused-ring (bicyclic) bond motifs is 4. The largest absolute Gasteiger partial charge is 0.496 e. The van der Waals surface area contributed by atoms with E-state index in [1.165, 1.54) is 29.5 Å². The van der Waals surface area contributed by atoms with Crippen molar-refractivity contribution in [1.82, 2.24) is 14.7 Å². The zero-order chi connectivity index (χ0) is 20.9. The summed E-state index contributed by atoms with van der Waals surface area (Å²) >= 11 is 0. The highest BCUT2D eigenvalue weighted by Crippen LogP contribution is 2.45. The predicted molar refractivity (Wildman–Crippen MR) is 115 cm³/mol. The number of rotatable bonds is 5. The number of aromatic nitrogens is 2. The molecule has 6 nitrogen and oxygen atoms in total. The Balaban J connectivity index is 1.45. The monoisotopic (exact) mass is 423 g/mol. The molecule has 7 heteroatoms. The lowest BCUT2D eigenvalue weighted by Gasteiger charge is -2.35. The average Bonchev–Trinajstić information content (AvgIpc) is 3.28. The van der Waals surface area contributed by atoms with Crippen LogP contribution >= 0.6 is 0 Å². The summed E-state index contributed by atoms with van der Waals surface area (Å²) in [7, 11) is -1.48. The Kier molecular flexibility index (Phi) is 4.67. The Bertz CT molecular complexity index is 1180. The first-order valence-electron chi connectivity index (χ1n) is 10.2. The first-order valence-corrected chi connectivity index (χ1v) is 12.1. The van der Waals surface area contributed by atoms with Crippen LogP contribution in [-0.4, -0.2) is 42.5 Å². The summed E-state index contributed by atoms with van der Waals surface area (Å²) in [5.41, 5.74) is 4.64. The lowest BCUT2D eigenvalue weighted by Crippen LogP contribution is -2.37. The molecular formula is C23H25N3O3S. The molecule has 0 unspecified atom stereocenters. The van der Waals surface area contributed by atoms with Crippen molar-refractivity contribution in [2.24, 2.45) is 0 Å². The minimum Gasteiger partial charge on any atom is -0.496 e. The van der Waals surface area contributed by atoms with Gasteiger partial charge in [0.1, 0.15) is 5.75 Å². The molecule has 0 aliphatic carbocycles. The fourth-order valence-corrected chi connectivity index (χ4v) is 5.54. The predicted octanol–water partition coefficient (Wildman–Crippen LogP) is 3.55. The summed E-state index contributed by atoms with van der Waals surface area (Å²) in [6, 6.07) is 16.0. The molecule has 30 heavy (non-hydrogen) atoms. The van der Waals surface area contributed by atoms with Crippen LogP contribution in [0, 0.1) is 0 Å². The molecule has 0 saturated carbocycles. The minimum absolute atomic E-state index is 0.329. The van der Waals surface area contributed by atoms with Crippen LogP contribution in [0.15, 0.2) is 59.6 Å². The van der Waals surface area contributed by atoms with E-state index in [-0.39, 0.29) is 0 Å². The first kappa shape index (κ1) is 19.3. The lowest BCUT2D eigenvalue weighted by atomic mass is 9.99. The Morgan fingerprint density at radius 3 is 2.60 bits per heavy atom. The van der Waals surface area contributed by atoms with Gasteiger partial charge in [-0.25, -0.2) is 13.1 Å². The molecule has 2 aliphatic heterocycles. The average molecular weight is 424 g/mol. The van der Waals surface area contributed by atoms with Gasteiger partial charge in [-0.2, -0.15) is 5.10 Å². The highest BCUT2D eigenvalue weighted by atomic mass is 32.2. The summed E-state index contributed by atoms with van der Waals surface area (Å²) in [5.74, 6) is 0.935. The van der Waals surface area contributed by atoms with E-state index in [2.05, 4.69) is 22.1 Å². The number of nitrogens with zero attached hydrogens (tertiary/aromatic N) is 3. The Hall–Kier alpha value is -2.64. The van der Waals surface area contributed by atoms with Crippen molar-refractivity contribution in [3.63, 3.8) is 0 Å². The smallest absolute Gasteiger partial charge is 0.175 e. The van der Waals surface area contributed by atoms with Crippen LogP contribution in [-0.2, 0) is 22.8 Å². The van der Waals surface area contributed by atoms with Gasteiger partial charge < -0.3 is 4.74 Å². The quantitative estimate of drug-likeness (QED) is 0.628. The number of sulfone groups is 1. The second-order valence-electron chi connectivity index (χ2n) is 8.16. The molecule has 2 aromatic carbocycles. The van der Waals surface area contributed by atoms with Crippen molar-refractivity contribution in [1.29, 1.82) is 0 Å². The maximum absolute atomic E-state index is 11.8. The molecule has 0 spiro atoms. The third-order valence-electron chi connectivity index (χ3n) is 6.39. The summed E-state index contributed by atoms with van der Waals surface area (Å²) < 4.78 is 31.0. The molecule has 0 radical (unpaired) electrons. The van der Waals surface area contributed by atoms with Gasteiger partial charge in [0.25, 0.3) is 0 Å². The maximum Gasteiger partial charge on any atom is 0.175 e. The van der Waals surface area contributed by atoms with Gasteiger partial charge in [0, 0.05) is 42.4 Å². The van der Waals surface area contributed by atoms with Gasteiger partial charge in [-0.1, -0.05) is 18.2 Å². The van der Waals surface area contributed by atoms with Crippen LogP contribution in [0.4, 0.5) is 0 Å². The van der Waals surface area contributed by atoms with Crippen molar-refractivity contribution < 1.29 is 13.2 Å². The molecule has 1 fully saturated rings. The van der Waals surface area contributed by atoms with Crippen molar-refractivity contribution >= 4 is 9.84 Å². The molecule has 5 rings (SSSR count). The first-order chi connectivity index (χ1) is 14.5. The van der Waals surface area contributed by atoms with Gasteiger partial charge in [0.05, 0.1) is 29.6 Å². The van der Waals surface area contributed by atoms with Crippen molar-refractivity contribution in [2.75, 3.05) is 13.4 Å². The zero-order valence-corrected chi connectivity index (χ0v) is 18.0. The van der Waals surface area contributed by atoms with E-state index in [4.69, 9.17) is 4.74 Å². The Morgan fingerprint density at radius 2 is 1.87 bits per heavy atom. The van der Waals surface area contributed by atoms with Crippen LogP contribution in [0.3, 0.4) is 0 Å². The Morgan fingerprint density at radius 1 is 1.10 bits per heavy atom. The SMILES string of the molecule is COc1ccccc1CN1[C@H]2CC[C@@H]1c1cnn(-c3ccc(S(C)(=O)=O)cc3)c1C2. The Labute approximate surface area is 177 Å². The molecule has 2 atom stereocenters. The van der Waals surface area contributed by atoms with E-state index in [1.54, 1.807) is 19.2 Å². The van der Waals surface area contributed by atoms with E-state index in [0.29, 0.717) is 17.0 Å². The van der Waals surface area contributed by atoms with Gasteiger partial charge in [-0.3, -0.25) is 4.90 Å². The number of para-hydroxylation sites is 1. The van der Waals surface area contributed by atoms with E-state index in [0.717, 1.165) is 30.8 Å². The highest BCUT2D eigenvalue weighted by Gasteiger charge is 2.42. The van der Waals surface area contributed by atoms with Crippen LogP contribution in [0.25, 0.3) is 5.69 Å². The molecule has 3 heterocycles. The highest BCUT2D eigenvalue weighted by molar-refractivity contribution is 7.90. The topological polar surface area (TPSA) is 64.4 Å². The number of methoxy groups -OCH3 is 1. The van der Waals surface area contributed by atoms with Crippen LogP contribution in [0.2, 0.25) is 0 Å². The van der Waals surface area contributed by atoms with Crippen molar-refractivity contribution in [2.45, 2.75) is 42.8 Å². The summed E-state index contributed by atoms with van der Waals surface area (Å²) in [5, 5.41) is 4.67. The number of benzene rings is 2. The fourth-order valence-electron chi connectivity index (χ4n) is 4.91. The molecule has 156 valence electrons. The summed E-state index contributed by atoms with van der Waals surface area (Å²) in [6.45, 7) is 0.868. The van der Waals surface area contributed by atoms with Crippen molar-refractivity contribution in [3.8, 4) is 11.4 Å². The molecule has 2 aliphatic rings. The van der Waals surface area contributed by atoms with Gasteiger partial charge in [0.15, 0.2) is 9.84 Å². The fraction of sp³-hybridized carbons (Fsp3) is 0.348. The third-order valence-corrected chi connectivity index (χ3v) is 7.52. The van der Waals surface area contributed by atoms with Crippen LogP contribution in [0.1, 0.15) is 35.7 Å². The maximum atomic E-state index is 11.8. The number of hydrogen-bond acceptors (Lipinski definition) is 5. The van der Waals surface area contributed by atoms with Gasteiger partial charge >= 0.3 is 0 Å². The van der Waals surface area contributed by atoms with E-state index in [9.17, 15) is 8.42 Å². The summed E-state index contributed by atoms with van der Waals surface area (Å²) in [6.07, 6.45) is 6.45. The molecule has 0 N–H and O–H groups in total. The van der Waals surface area contributed by atoms with Crippen LogP contribution in [0.5, 0.6) is 5.75 Å². The van der Waals surface area contributed by atoms with Gasteiger partial charge in [-0.05, 0) is 43.2 Å². The van der Waals surface area contributed by atoms with Gasteiger partial charge in [0.2, 0.25) is 0 Å². The number of hydrogen-bond donors (Lipinski definition) is 0. The second kappa shape index (κ2) is 7.25. The molecule has 2 bridgehead atoms. The third kappa shape index (κ3) is 3.22. The summed E-state index contributed by atoms with van der Waals surface area (Å²) in [4.78, 5) is 2.91.